The highest BCUT2D eigenvalue weighted by Gasteiger charge is 2.24. The topological polar surface area (TPSA) is 20.3 Å². The van der Waals surface area contributed by atoms with Gasteiger partial charge in [0.15, 0.2) is 13.8 Å². The van der Waals surface area contributed by atoms with Crippen LogP contribution in [0.5, 0.6) is 0 Å². The second kappa shape index (κ2) is 5.02. The molecule has 0 saturated carbocycles. The van der Waals surface area contributed by atoms with Gasteiger partial charge in [-0.25, -0.2) is 0 Å². The summed E-state index contributed by atoms with van der Waals surface area (Å²) in [4.78, 5) is 13.9. The van der Waals surface area contributed by atoms with E-state index < -0.39 is 0 Å². The van der Waals surface area contributed by atoms with Crippen molar-refractivity contribution in [3.8, 4) is 0 Å². The first kappa shape index (κ1) is 11.7. The van der Waals surface area contributed by atoms with Crippen molar-refractivity contribution in [2.75, 3.05) is 13.1 Å². The fourth-order valence-corrected chi connectivity index (χ4v) is 2.29. The number of Topliss-reactive ketones (excluding diaryl/α,β-unsaturated/α-hetero) is 1. The summed E-state index contributed by atoms with van der Waals surface area (Å²) < 4.78 is 0. The zero-order valence-electron chi connectivity index (χ0n) is 9.03. The predicted octanol–water partition coefficient (Wildman–Crippen LogP) is 2.32. The van der Waals surface area contributed by atoms with E-state index in [1.807, 2.05) is 6.07 Å². The molecule has 1 fully saturated rings. The number of carbonyl (C=O) groups is 1. The number of hydrogen-bond donors (Lipinski definition) is 0. The summed E-state index contributed by atoms with van der Waals surface area (Å²) >= 11 is 5.87. The van der Waals surface area contributed by atoms with Gasteiger partial charge in [-0.15, -0.1) is 0 Å². The Morgan fingerprint density at radius 2 is 2.31 bits per heavy atom. The molecule has 0 bridgehead atoms. The Bertz CT molecular complexity index is 396. The smallest absolute Gasteiger partial charge is 0.182 e. The quantitative estimate of drug-likeness (QED) is 0.577. The van der Waals surface area contributed by atoms with Crippen molar-refractivity contribution in [1.29, 1.82) is 0 Å². The minimum atomic E-state index is 0.0113. The molecule has 0 amide bonds. The molecular formula is C12H13BClNO. The maximum absolute atomic E-state index is 12.2. The zero-order valence-corrected chi connectivity index (χ0v) is 9.78. The third-order valence-electron chi connectivity index (χ3n) is 2.93. The van der Waals surface area contributed by atoms with Crippen molar-refractivity contribution in [2.24, 2.45) is 5.92 Å². The molecule has 16 heavy (non-hydrogen) atoms. The Kier molecular flexibility index (Phi) is 3.67. The molecule has 82 valence electrons. The second-order valence-corrected chi connectivity index (χ2v) is 4.65. The molecule has 0 aliphatic carbocycles. The Morgan fingerprint density at radius 1 is 1.50 bits per heavy atom. The predicted molar refractivity (Wildman–Crippen MR) is 65.8 cm³/mol. The molecular weight excluding hydrogens is 220 g/mol. The van der Waals surface area contributed by atoms with E-state index in [4.69, 9.17) is 19.6 Å². The van der Waals surface area contributed by atoms with Crippen molar-refractivity contribution >= 4 is 25.4 Å². The number of piperidine rings is 1. The summed E-state index contributed by atoms with van der Waals surface area (Å²) in [7, 11) is 5.73. The van der Waals surface area contributed by atoms with Crippen molar-refractivity contribution < 1.29 is 4.79 Å². The van der Waals surface area contributed by atoms with Gasteiger partial charge in [0.05, 0.1) is 0 Å². The molecule has 2 rings (SSSR count). The van der Waals surface area contributed by atoms with Gasteiger partial charge in [0.25, 0.3) is 0 Å². The molecule has 1 aromatic rings. The molecule has 0 aromatic heterocycles. The fraction of sp³-hybridized carbons (Fsp3) is 0.417. The van der Waals surface area contributed by atoms with E-state index in [0.29, 0.717) is 17.1 Å². The van der Waals surface area contributed by atoms with Crippen molar-refractivity contribution in [2.45, 2.75) is 12.8 Å². The summed E-state index contributed by atoms with van der Waals surface area (Å²) in [6.45, 7) is 1.52. The van der Waals surface area contributed by atoms with Gasteiger partial charge in [0, 0.05) is 16.5 Å². The molecule has 2 nitrogen and oxygen atoms in total. The maximum atomic E-state index is 12.2. The van der Waals surface area contributed by atoms with Gasteiger partial charge >= 0.3 is 0 Å². The average Bonchev–Trinajstić information content (AvgIpc) is 2.28. The van der Waals surface area contributed by atoms with Crippen molar-refractivity contribution in [3.05, 3.63) is 34.9 Å². The van der Waals surface area contributed by atoms with E-state index in [0.717, 1.165) is 19.4 Å². The lowest BCUT2D eigenvalue weighted by Gasteiger charge is -2.29. The van der Waals surface area contributed by atoms with Crippen LogP contribution in [0.25, 0.3) is 0 Å². The van der Waals surface area contributed by atoms with E-state index in [1.54, 1.807) is 23.0 Å². The van der Waals surface area contributed by atoms with Crippen LogP contribution in [-0.2, 0) is 0 Å². The number of rotatable bonds is 2. The van der Waals surface area contributed by atoms with E-state index in [9.17, 15) is 4.79 Å². The minimum Gasteiger partial charge on any atom is -0.353 e. The summed E-state index contributed by atoms with van der Waals surface area (Å²) in [6, 6.07) is 7.11. The third-order valence-corrected chi connectivity index (χ3v) is 3.17. The normalized spacial score (nSPS) is 21.9. The standard InChI is InChI=1S/C12H13BClNO/c13-15-6-2-4-10(8-15)12(16)9-3-1-5-11(14)7-9/h1,3,5,7,10H,2,4,6,8H2/t10-/m1/s1. The van der Waals surface area contributed by atoms with Crippen molar-refractivity contribution in [1.82, 2.24) is 4.81 Å². The summed E-state index contributed by atoms with van der Waals surface area (Å²) in [5.74, 6) is 0.162. The zero-order chi connectivity index (χ0) is 11.5. The van der Waals surface area contributed by atoms with Gasteiger partial charge in [0.2, 0.25) is 0 Å². The molecule has 1 aliphatic heterocycles. The van der Waals surface area contributed by atoms with Crippen LogP contribution >= 0.6 is 11.6 Å². The molecule has 1 atom stereocenters. The third kappa shape index (κ3) is 2.66. The van der Waals surface area contributed by atoms with Gasteiger partial charge in [-0.3, -0.25) is 4.79 Å². The first-order chi connectivity index (χ1) is 7.66. The Hall–Kier alpha value is -0.795. The van der Waals surface area contributed by atoms with Gasteiger partial charge in [-0.05, 0) is 38.1 Å². The Balaban J connectivity index is 2.12. The Labute approximate surface area is 102 Å². The minimum absolute atomic E-state index is 0.0113. The molecule has 0 N–H and O–H groups in total. The number of nitrogens with zero attached hydrogens (tertiary/aromatic N) is 1. The lowest BCUT2D eigenvalue weighted by molar-refractivity contribution is 0.0872. The van der Waals surface area contributed by atoms with Crippen LogP contribution in [0.4, 0.5) is 0 Å². The molecule has 1 heterocycles. The highest BCUT2D eigenvalue weighted by atomic mass is 35.5. The number of ketones is 1. The van der Waals surface area contributed by atoms with Gasteiger partial charge in [-0.1, -0.05) is 23.7 Å². The molecule has 4 heteroatoms. The summed E-state index contributed by atoms with van der Waals surface area (Å²) in [5, 5.41) is 0.603. The molecule has 0 spiro atoms. The summed E-state index contributed by atoms with van der Waals surface area (Å²) in [6.07, 6.45) is 1.90. The number of benzene rings is 1. The van der Waals surface area contributed by atoms with Gasteiger partial charge in [0.1, 0.15) is 0 Å². The molecule has 1 saturated heterocycles. The summed E-state index contributed by atoms with van der Waals surface area (Å²) in [5.41, 5.74) is 0.688. The SMILES string of the molecule is [B]N1CCC[C@@H](C(=O)c2cccc(Cl)c2)C1. The fourth-order valence-electron chi connectivity index (χ4n) is 2.10. The monoisotopic (exact) mass is 233 g/mol. The molecule has 1 aromatic carbocycles. The van der Waals surface area contributed by atoms with Crippen LogP contribution in [-0.4, -0.2) is 31.7 Å². The van der Waals surface area contributed by atoms with Crippen LogP contribution < -0.4 is 0 Å². The van der Waals surface area contributed by atoms with Gasteiger partial charge in [-0.2, -0.15) is 0 Å². The van der Waals surface area contributed by atoms with Gasteiger partial charge < -0.3 is 4.81 Å². The van der Waals surface area contributed by atoms with E-state index >= 15 is 0 Å². The molecule has 0 unspecified atom stereocenters. The first-order valence-corrected chi connectivity index (χ1v) is 5.84. The van der Waals surface area contributed by atoms with E-state index in [1.165, 1.54) is 0 Å². The van der Waals surface area contributed by atoms with Crippen LogP contribution in [0.15, 0.2) is 24.3 Å². The van der Waals surface area contributed by atoms with E-state index in [-0.39, 0.29) is 11.7 Å². The largest absolute Gasteiger partial charge is 0.353 e. The lowest BCUT2D eigenvalue weighted by atomic mass is 9.89. The molecule has 1 aliphatic rings. The highest BCUT2D eigenvalue weighted by molar-refractivity contribution is 6.31. The first-order valence-electron chi connectivity index (χ1n) is 5.46. The van der Waals surface area contributed by atoms with Crippen LogP contribution in [0.3, 0.4) is 0 Å². The molecule has 2 radical (unpaired) electrons. The highest BCUT2D eigenvalue weighted by Crippen LogP contribution is 2.21. The second-order valence-electron chi connectivity index (χ2n) is 4.21. The number of hydrogen-bond acceptors (Lipinski definition) is 2. The Morgan fingerprint density at radius 3 is 3.00 bits per heavy atom. The van der Waals surface area contributed by atoms with E-state index in [2.05, 4.69) is 0 Å². The van der Waals surface area contributed by atoms with Crippen LogP contribution in [0.1, 0.15) is 23.2 Å². The average molecular weight is 234 g/mol. The van der Waals surface area contributed by atoms with Crippen LogP contribution in [0.2, 0.25) is 5.02 Å². The van der Waals surface area contributed by atoms with Crippen molar-refractivity contribution in [3.63, 3.8) is 0 Å². The lowest BCUT2D eigenvalue weighted by Crippen LogP contribution is -2.37. The number of halogens is 1. The number of carbonyl (C=O) groups excluding carboxylic acids is 1. The maximum Gasteiger partial charge on any atom is 0.182 e. The van der Waals surface area contributed by atoms with Crippen LogP contribution in [0, 0.1) is 5.92 Å².